The molecule has 0 aliphatic carbocycles. The molecule has 19 heavy (non-hydrogen) atoms. The summed E-state index contributed by atoms with van der Waals surface area (Å²) in [6.07, 6.45) is 2.02. The monoisotopic (exact) mass is 282 g/mol. The van der Waals surface area contributed by atoms with Crippen molar-refractivity contribution in [2.75, 3.05) is 20.1 Å². The third-order valence-electron chi connectivity index (χ3n) is 3.43. The van der Waals surface area contributed by atoms with E-state index in [0.29, 0.717) is 19.4 Å². The van der Waals surface area contributed by atoms with E-state index in [1.54, 1.807) is 18.4 Å². The van der Waals surface area contributed by atoms with Crippen LogP contribution in [0.25, 0.3) is 0 Å². The summed E-state index contributed by atoms with van der Waals surface area (Å²) in [5, 5.41) is 13.9. The number of nitrogens with zero attached hydrogens (tertiary/aromatic N) is 1. The van der Waals surface area contributed by atoms with Crippen molar-refractivity contribution < 1.29 is 14.7 Å². The van der Waals surface area contributed by atoms with E-state index in [1.807, 2.05) is 16.3 Å². The maximum absolute atomic E-state index is 11.5. The van der Waals surface area contributed by atoms with Gasteiger partial charge < -0.3 is 10.4 Å². The van der Waals surface area contributed by atoms with Crippen molar-refractivity contribution in [3.63, 3.8) is 0 Å². The van der Waals surface area contributed by atoms with Crippen LogP contribution >= 0.6 is 11.3 Å². The first-order valence-corrected chi connectivity index (χ1v) is 7.25. The van der Waals surface area contributed by atoms with Gasteiger partial charge in [0.05, 0.1) is 0 Å². The van der Waals surface area contributed by atoms with Gasteiger partial charge in [0.25, 0.3) is 0 Å². The number of carboxylic acids is 1. The molecule has 0 fully saturated rings. The zero-order chi connectivity index (χ0) is 13.8. The van der Waals surface area contributed by atoms with Gasteiger partial charge in [-0.2, -0.15) is 0 Å². The topological polar surface area (TPSA) is 69.6 Å². The number of nitrogens with one attached hydrogen (secondary N) is 1. The van der Waals surface area contributed by atoms with Gasteiger partial charge in [0.15, 0.2) is 0 Å². The SMILES string of the molecule is CNC(=O)CCCN1CCc2sccc2C1C(=O)O. The summed E-state index contributed by atoms with van der Waals surface area (Å²) < 4.78 is 0. The van der Waals surface area contributed by atoms with Crippen LogP contribution < -0.4 is 5.32 Å². The van der Waals surface area contributed by atoms with Crippen LogP contribution in [0, 0.1) is 0 Å². The molecule has 0 spiro atoms. The summed E-state index contributed by atoms with van der Waals surface area (Å²) in [6.45, 7) is 1.39. The number of carbonyl (C=O) groups is 2. The molecule has 6 heteroatoms. The minimum absolute atomic E-state index is 0.0000989. The number of aliphatic carboxylic acids is 1. The molecule has 1 unspecified atom stereocenters. The van der Waals surface area contributed by atoms with Gasteiger partial charge in [0, 0.05) is 24.9 Å². The van der Waals surface area contributed by atoms with E-state index in [2.05, 4.69) is 5.32 Å². The predicted molar refractivity (Wildman–Crippen MR) is 73.3 cm³/mol. The van der Waals surface area contributed by atoms with Crippen LogP contribution in [0.2, 0.25) is 0 Å². The molecule has 5 nitrogen and oxygen atoms in total. The Balaban J connectivity index is 2.01. The van der Waals surface area contributed by atoms with Crippen molar-refractivity contribution in [1.82, 2.24) is 10.2 Å². The Morgan fingerprint density at radius 1 is 1.58 bits per heavy atom. The minimum Gasteiger partial charge on any atom is -0.480 e. The van der Waals surface area contributed by atoms with E-state index in [9.17, 15) is 14.7 Å². The zero-order valence-corrected chi connectivity index (χ0v) is 11.7. The fourth-order valence-corrected chi connectivity index (χ4v) is 3.37. The van der Waals surface area contributed by atoms with Gasteiger partial charge in [-0.05, 0) is 36.4 Å². The lowest BCUT2D eigenvalue weighted by Gasteiger charge is -2.33. The lowest BCUT2D eigenvalue weighted by atomic mass is 9.99. The quantitative estimate of drug-likeness (QED) is 0.853. The van der Waals surface area contributed by atoms with Gasteiger partial charge in [-0.25, -0.2) is 0 Å². The summed E-state index contributed by atoms with van der Waals surface area (Å²) >= 11 is 1.63. The zero-order valence-electron chi connectivity index (χ0n) is 10.9. The Morgan fingerprint density at radius 3 is 3.05 bits per heavy atom. The van der Waals surface area contributed by atoms with Crippen LogP contribution in [0.4, 0.5) is 0 Å². The molecule has 2 heterocycles. The maximum atomic E-state index is 11.5. The van der Waals surface area contributed by atoms with E-state index in [-0.39, 0.29) is 5.91 Å². The van der Waals surface area contributed by atoms with Gasteiger partial charge in [-0.15, -0.1) is 11.3 Å². The molecule has 2 N–H and O–H groups in total. The fraction of sp³-hybridized carbons (Fsp3) is 0.538. The highest BCUT2D eigenvalue weighted by atomic mass is 32.1. The second-order valence-corrected chi connectivity index (χ2v) is 5.60. The van der Waals surface area contributed by atoms with E-state index in [4.69, 9.17) is 0 Å². The van der Waals surface area contributed by atoms with Crippen molar-refractivity contribution in [2.24, 2.45) is 0 Å². The molecule has 1 aliphatic heterocycles. The third kappa shape index (κ3) is 3.13. The van der Waals surface area contributed by atoms with Crippen LogP contribution in [-0.2, 0) is 16.0 Å². The predicted octanol–water partition coefficient (Wildman–Crippen LogP) is 1.26. The van der Waals surface area contributed by atoms with Crippen LogP contribution in [0.5, 0.6) is 0 Å². The first-order valence-electron chi connectivity index (χ1n) is 6.37. The van der Waals surface area contributed by atoms with Crippen LogP contribution in [0.1, 0.15) is 29.3 Å². The number of hydrogen-bond donors (Lipinski definition) is 2. The van der Waals surface area contributed by atoms with Gasteiger partial charge in [0.2, 0.25) is 5.91 Å². The molecule has 1 aromatic rings. The molecular weight excluding hydrogens is 264 g/mol. The van der Waals surface area contributed by atoms with Crippen LogP contribution in [0.15, 0.2) is 11.4 Å². The number of carboxylic acid groups (broad SMARTS) is 1. The standard InChI is InChI=1S/C13H18N2O3S/c1-14-11(16)3-2-6-15-7-4-10-9(5-8-19-10)12(15)13(17)18/h5,8,12H,2-4,6-7H2,1H3,(H,14,16)(H,17,18). The second kappa shape index (κ2) is 6.16. The van der Waals surface area contributed by atoms with Crippen LogP contribution in [-0.4, -0.2) is 42.0 Å². The van der Waals surface area contributed by atoms with E-state index < -0.39 is 12.0 Å². The Hall–Kier alpha value is -1.40. The fourth-order valence-electron chi connectivity index (χ4n) is 2.47. The van der Waals surface area contributed by atoms with Gasteiger partial charge >= 0.3 is 5.97 Å². The highest BCUT2D eigenvalue weighted by Gasteiger charge is 2.33. The summed E-state index contributed by atoms with van der Waals surface area (Å²) in [6, 6.07) is 1.35. The van der Waals surface area contributed by atoms with Crippen LogP contribution in [0.3, 0.4) is 0 Å². The molecule has 1 amide bonds. The Labute approximate surface area is 116 Å². The first kappa shape index (κ1) is 14.0. The molecule has 0 saturated heterocycles. The molecular formula is C13H18N2O3S. The van der Waals surface area contributed by atoms with E-state index >= 15 is 0 Å². The molecule has 2 rings (SSSR count). The average molecular weight is 282 g/mol. The number of hydrogen-bond acceptors (Lipinski definition) is 4. The van der Waals surface area contributed by atoms with Gasteiger partial charge in [-0.3, -0.25) is 14.5 Å². The van der Waals surface area contributed by atoms with Gasteiger partial charge in [0.1, 0.15) is 6.04 Å². The first-order chi connectivity index (χ1) is 9.13. The van der Waals surface area contributed by atoms with Gasteiger partial charge in [-0.1, -0.05) is 0 Å². The number of thiophene rings is 1. The minimum atomic E-state index is -0.806. The molecule has 1 atom stereocenters. The average Bonchev–Trinajstić information content (AvgIpc) is 2.85. The lowest BCUT2D eigenvalue weighted by Crippen LogP contribution is -2.39. The number of rotatable bonds is 5. The lowest BCUT2D eigenvalue weighted by molar-refractivity contribution is -0.144. The van der Waals surface area contributed by atoms with E-state index in [1.165, 1.54) is 4.88 Å². The number of amides is 1. The van der Waals surface area contributed by atoms with Crippen molar-refractivity contribution in [3.05, 3.63) is 21.9 Å². The smallest absolute Gasteiger partial charge is 0.325 e. The molecule has 1 aliphatic rings. The highest BCUT2D eigenvalue weighted by molar-refractivity contribution is 7.10. The molecule has 0 radical (unpaired) electrons. The van der Waals surface area contributed by atoms with Crippen molar-refractivity contribution in [1.29, 1.82) is 0 Å². The molecule has 104 valence electrons. The van der Waals surface area contributed by atoms with Crippen molar-refractivity contribution >= 4 is 23.2 Å². The van der Waals surface area contributed by atoms with Crippen molar-refractivity contribution in [3.8, 4) is 0 Å². The molecule has 0 saturated carbocycles. The largest absolute Gasteiger partial charge is 0.480 e. The molecule has 1 aromatic heterocycles. The number of fused-ring (bicyclic) bond motifs is 1. The second-order valence-electron chi connectivity index (χ2n) is 4.60. The summed E-state index contributed by atoms with van der Waals surface area (Å²) in [4.78, 5) is 25.8. The molecule has 0 bridgehead atoms. The summed E-state index contributed by atoms with van der Waals surface area (Å²) in [5.41, 5.74) is 0.920. The van der Waals surface area contributed by atoms with Crippen molar-refractivity contribution in [2.45, 2.75) is 25.3 Å². The Kier molecular flexibility index (Phi) is 4.55. The normalized spacial score (nSPS) is 18.9. The maximum Gasteiger partial charge on any atom is 0.325 e. The Bertz CT molecular complexity index is 472. The number of carbonyl (C=O) groups excluding carboxylic acids is 1. The Morgan fingerprint density at radius 2 is 2.37 bits per heavy atom. The third-order valence-corrected chi connectivity index (χ3v) is 4.42. The highest BCUT2D eigenvalue weighted by Crippen LogP contribution is 2.33. The molecule has 0 aromatic carbocycles. The van der Waals surface area contributed by atoms with E-state index in [0.717, 1.165) is 18.5 Å². The summed E-state index contributed by atoms with van der Waals surface area (Å²) in [7, 11) is 1.61. The summed E-state index contributed by atoms with van der Waals surface area (Å²) in [5.74, 6) is -0.806.